The average Bonchev–Trinajstić information content (AvgIpc) is 2.79. The van der Waals surface area contributed by atoms with Gasteiger partial charge in [-0.3, -0.25) is 9.59 Å². The number of rotatable bonds is 7. The number of methoxy groups -OCH3 is 1. The SMILES string of the molecule is COc1ccc(NC(=O)C(C)OC(=O)c2ccccc2C(=O)c2ccccc2)cc1. The van der Waals surface area contributed by atoms with Crippen molar-refractivity contribution >= 4 is 23.3 Å². The van der Waals surface area contributed by atoms with Gasteiger partial charge in [-0.15, -0.1) is 0 Å². The maximum absolute atomic E-state index is 12.8. The molecule has 0 saturated carbocycles. The van der Waals surface area contributed by atoms with Gasteiger partial charge in [-0.25, -0.2) is 4.79 Å². The molecule has 152 valence electrons. The van der Waals surface area contributed by atoms with Gasteiger partial charge in [-0.1, -0.05) is 48.5 Å². The van der Waals surface area contributed by atoms with Gasteiger partial charge in [0.15, 0.2) is 11.9 Å². The minimum absolute atomic E-state index is 0.107. The van der Waals surface area contributed by atoms with Crippen LogP contribution in [0.3, 0.4) is 0 Å². The Labute approximate surface area is 174 Å². The summed E-state index contributed by atoms with van der Waals surface area (Å²) in [6.45, 7) is 1.47. The number of hydrogen-bond acceptors (Lipinski definition) is 5. The third-order valence-electron chi connectivity index (χ3n) is 4.44. The molecule has 30 heavy (non-hydrogen) atoms. The van der Waals surface area contributed by atoms with E-state index in [0.717, 1.165) is 0 Å². The van der Waals surface area contributed by atoms with Crippen molar-refractivity contribution in [3.63, 3.8) is 0 Å². The molecule has 1 N–H and O–H groups in total. The van der Waals surface area contributed by atoms with Crippen LogP contribution in [0.2, 0.25) is 0 Å². The number of carbonyl (C=O) groups excluding carboxylic acids is 3. The first-order valence-corrected chi connectivity index (χ1v) is 9.34. The third kappa shape index (κ3) is 4.91. The third-order valence-corrected chi connectivity index (χ3v) is 4.44. The summed E-state index contributed by atoms with van der Waals surface area (Å²) in [6, 6.07) is 21.8. The molecule has 1 unspecified atom stereocenters. The van der Waals surface area contributed by atoms with E-state index >= 15 is 0 Å². The topological polar surface area (TPSA) is 81.7 Å². The van der Waals surface area contributed by atoms with Crippen LogP contribution in [-0.2, 0) is 9.53 Å². The first-order chi connectivity index (χ1) is 14.5. The van der Waals surface area contributed by atoms with E-state index in [-0.39, 0.29) is 16.9 Å². The Hall–Kier alpha value is -3.93. The van der Waals surface area contributed by atoms with Crippen molar-refractivity contribution in [2.24, 2.45) is 0 Å². The van der Waals surface area contributed by atoms with Crippen molar-refractivity contribution in [2.75, 3.05) is 12.4 Å². The van der Waals surface area contributed by atoms with E-state index in [1.807, 2.05) is 0 Å². The minimum Gasteiger partial charge on any atom is -0.497 e. The van der Waals surface area contributed by atoms with E-state index in [4.69, 9.17) is 9.47 Å². The van der Waals surface area contributed by atoms with Crippen LogP contribution in [0.5, 0.6) is 5.75 Å². The quantitative estimate of drug-likeness (QED) is 0.474. The molecule has 0 radical (unpaired) electrons. The average molecular weight is 403 g/mol. The summed E-state index contributed by atoms with van der Waals surface area (Å²) in [7, 11) is 1.55. The van der Waals surface area contributed by atoms with Crippen molar-refractivity contribution in [1.29, 1.82) is 0 Å². The van der Waals surface area contributed by atoms with Crippen LogP contribution < -0.4 is 10.1 Å². The molecular weight excluding hydrogens is 382 g/mol. The van der Waals surface area contributed by atoms with Crippen LogP contribution in [-0.4, -0.2) is 30.9 Å². The molecule has 3 aromatic carbocycles. The van der Waals surface area contributed by atoms with Crippen molar-refractivity contribution in [3.8, 4) is 5.75 Å². The molecule has 0 aliphatic carbocycles. The highest BCUT2D eigenvalue weighted by Gasteiger charge is 2.23. The summed E-state index contributed by atoms with van der Waals surface area (Å²) >= 11 is 0. The Morgan fingerprint density at radius 3 is 2.03 bits per heavy atom. The Bertz CT molecular complexity index is 1040. The molecule has 3 aromatic rings. The second kappa shape index (κ2) is 9.52. The van der Waals surface area contributed by atoms with E-state index in [9.17, 15) is 14.4 Å². The van der Waals surface area contributed by atoms with Crippen LogP contribution >= 0.6 is 0 Å². The first-order valence-electron chi connectivity index (χ1n) is 9.34. The standard InChI is InChI=1S/C24H21NO5/c1-16(23(27)25-18-12-14-19(29-2)15-13-18)30-24(28)21-11-7-6-10-20(21)22(26)17-8-4-3-5-9-17/h3-16H,1-2H3,(H,25,27). The number of anilines is 1. The molecule has 0 saturated heterocycles. The highest BCUT2D eigenvalue weighted by Crippen LogP contribution is 2.18. The van der Waals surface area contributed by atoms with Gasteiger partial charge in [-0.05, 0) is 37.3 Å². The lowest BCUT2D eigenvalue weighted by Gasteiger charge is -2.15. The first kappa shape index (κ1) is 20.8. The smallest absolute Gasteiger partial charge is 0.339 e. The summed E-state index contributed by atoms with van der Waals surface area (Å²) in [5, 5.41) is 2.67. The molecule has 1 amide bonds. The highest BCUT2D eigenvalue weighted by atomic mass is 16.5. The van der Waals surface area contributed by atoms with Gasteiger partial charge >= 0.3 is 5.97 Å². The van der Waals surface area contributed by atoms with Gasteiger partial charge in [0.05, 0.1) is 12.7 Å². The van der Waals surface area contributed by atoms with E-state index in [1.165, 1.54) is 13.0 Å². The van der Waals surface area contributed by atoms with Crippen molar-refractivity contribution in [3.05, 3.63) is 95.6 Å². The Balaban J connectivity index is 1.71. The van der Waals surface area contributed by atoms with Crippen LogP contribution in [0.25, 0.3) is 0 Å². The summed E-state index contributed by atoms with van der Waals surface area (Å²) in [5.41, 5.74) is 1.33. The zero-order valence-corrected chi connectivity index (χ0v) is 16.6. The molecule has 0 bridgehead atoms. The number of amides is 1. The van der Waals surface area contributed by atoms with E-state index in [1.54, 1.807) is 79.9 Å². The summed E-state index contributed by atoms with van der Waals surface area (Å²) < 4.78 is 10.4. The molecule has 0 fully saturated rings. The zero-order valence-electron chi connectivity index (χ0n) is 16.6. The molecule has 0 aromatic heterocycles. The van der Waals surface area contributed by atoms with Gasteiger partial charge in [0.2, 0.25) is 0 Å². The number of nitrogens with one attached hydrogen (secondary N) is 1. The van der Waals surface area contributed by atoms with Crippen molar-refractivity contribution in [2.45, 2.75) is 13.0 Å². The van der Waals surface area contributed by atoms with Gasteiger partial charge in [0.1, 0.15) is 5.75 Å². The number of esters is 1. The van der Waals surface area contributed by atoms with Gasteiger partial charge in [0.25, 0.3) is 5.91 Å². The fraction of sp³-hybridized carbons (Fsp3) is 0.125. The van der Waals surface area contributed by atoms with Crippen LogP contribution in [0.15, 0.2) is 78.9 Å². The van der Waals surface area contributed by atoms with Gasteiger partial charge < -0.3 is 14.8 Å². The largest absolute Gasteiger partial charge is 0.497 e. The molecule has 3 rings (SSSR count). The number of hydrogen-bond donors (Lipinski definition) is 1. The molecule has 6 heteroatoms. The predicted octanol–water partition coefficient (Wildman–Crippen LogP) is 4.11. The Morgan fingerprint density at radius 1 is 0.800 bits per heavy atom. The lowest BCUT2D eigenvalue weighted by Crippen LogP contribution is -2.30. The molecule has 0 heterocycles. The number of benzene rings is 3. The minimum atomic E-state index is -1.06. The van der Waals surface area contributed by atoms with E-state index in [0.29, 0.717) is 17.0 Å². The normalized spacial score (nSPS) is 11.3. The van der Waals surface area contributed by atoms with Crippen LogP contribution in [0.1, 0.15) is 33.2 Å². The lowest BCUT2D eigenvalue weighted by molar-refractivity contribution is -0.123. The van der Waals surface area contributed by atoms with Gasteiger partial charge in [-0.2, -0.15) is 0 Å². The Kier molecular flexibility index (Phi) is 6.60. The molecule has 1 atom stereocenters. The van der Waals surface area contributed by atoms with E-state index < -0.39 is 18.0 Å². The molecular formula is C24H21NO5. The molecule has 0 aliphatic rings. The van der Waals surface area contributed by atoms with Crippen molar-refractivity contribution < 1.29 is 23.9 Å². The summed E-state index contributed by atoms with van der Waals surface area (Å²) in [4.78, 5) is 37.9. The summed E-state index contributed by atoms with van der Waals surface area (Å²) in [5.74, 6) is -0.863. The fourth-order valence-electron chi connectivity index (χ4n) is 2.80. The Morgan fingerprint density at radius 2 is 1.40 bits per heavy atom. The second-order valence-electron chi connectivity index (χ2n) is 6.51. The lowest BCUT2D eigenvalue weighted by atomic mass is 9.98. The number of ether oxygens (including phenoxy) is 2. The van der Waals surface area contributed by atoms with Crippen molar-refractivity contribution in [1.82, 2.24) is 0 Å². The monoisotopic (exact) mass is 403 g/mol. The van der Waals surface area contributed by atoms with Crippen LogP contribution in [0, 0.1) is 0 Å². The maximum Gasteiger partial charge on any atom is 0.339 e. The number of ketones is 1. The zero-order chi connectivity index (χ0) is 21.5. The fourth-order valence-corrected chi connectivity index (χ4v) is 2.80. The molecule has 6 nitrogen and oxygen atoms in total. The van der Waals surface area contributed by atoms with Crippen LogP contribution in [0.4, 0.5) is 5.69 Å². The molecule has 0 aliphatic heterocycles. The van der Waals surface area contributed by atoms with Gasteiger partial charge in [0, 0.05) is 16.8 Å². The second-order valence-corrected chi connectivity index (χ2v) is 6.51. The van der Waals surface area contributed by atoms with E-state index in [2.05, 4.69) is 5.32 Å². The highest BCUT2D eigenvalue weighted by molar-refractivity contribution is 6.14. The maximum atomic E-state index is 12.8. The predicted molar refractivity (Wildman–Crippen MR) is 113 cm³/mol. The summed E-state index contributed by atoms with van der Waals surface area (Å²) in [6.07, 6.45) is -1.06. The number of carbonyl (C=O) groups is 3. The molecule has 0 spiro atoms.